The maximum Gasteiger partial charge on any atom is 0.154 e. The number of allylic oxidation sites excluding steroid dienone is 2. The second-order valence-corrected chi connectivity index (χ2v) is 1.67. The Labute approximate surface area is 61.5 Å². The lowest BCUT2D eigenvalue weighted by Crippen LogP contribution is -1.86. The van der Waals surface area contributed by atoms with E-state index in [0.717, 1.165) is 0 Å². The van der Waals surface area contributed by atoms with Gasteiger partial charge in [0.15, 0.2) is 5.78 Å². The quantitative estimate of drug-likeness (QED) is 0.408. The maximum atomic E-state index is 10.0. The molecule has 0 aliphatic rings. The first kappa shape index (κ1) is 11.4. The van der Waals surface area contributed by atoms with Crippen molar-refractivity contribution in [1.82, 2.24) is 0 Å². The van der Waals surface area contributed by atoms with Crippen molar-refractivity contribution in [3.63, 3.8) is 0 Å². The maximum absolute atomic E-state index is 10.0. The Balaban J connectivity index is 0. The molecule has 0 aliphatic heterocycles. The molecule has 0 saturated carbocycles. The van der Waals surface area contributed by atoms with Crippen molar-refractivity contribution in [2.24, 2.45) is 0 Å². The third-order valence-corrected chi connectivity index (χ3v) is 0.692. The molecule has 10 heavy (non-hydrogen) atoms. The van der Waals surface area contributed by atoms with Gasteiger partial charge in [0.25, 0.3) is 0 Å². The first-order valence-corrected chi connectivity index (χ1v) is 2.73. The van der Waals surface area contributed by atoms with E-state index in [1.54, 1.807) is 13.0 Å². The van der Waals surface area contributed by atoms with Crippen LogP contribution in [-0.4, -0.2) is 5.78 Å². The fraction of sp³-hybridized carbons (Fsp3) is 0.250. The molecule has 0 N–H and O–H groups in total. The molecule has 0 aromatic rings. The third-order valence-electron chi connectivity index (χ3n) is 0.692. The van der Waals surface area contributed by atoms with Gasteiger partial charge in [0.2, 0.25) is 0 Å². The summed E-state index contributed by atoms with van der Waals surface area (Å²) in [5.74, 6) is 0.0648. The van der Waals surface area contributed by atoms with Crippen LogP contribution in [-0.2, 0) is 4.79 Å². The van der Waals surface area contributed by atoms with E-state index in [0.29, 0.717) is 5.57 Å². The molecule has 0 bridgehead atoms. The van der Waals surface area contributed by atoms with Crippen molar-refractivity contribution in [2.75, 3.05) is 0 Å². The number of rotatable bonds is 1. The number of ketones is 1. The predicted molar refractivity (Wildman–Crippen MR) is 41.3 cm³/mol. The van der Waals surface area contributed by atoms with Crippen LogP contribution in [0.2, 0.25) is 0 Å². The molecular weight excluding hydrogens is 126 g/mol. The monoisotopic (exact) mass is 137 g/mol. The van der Waals surface area contributed by atoms with Crippen LogP contribution < -0.4 is 0 Å². The van der Waals surface area contributed by atoms with Crippen LogP contribution in [0.15, 0.2) is 24.8 Å². The van der Waals surface area contributed by atoms with Gasteiger partial charge in [0.1, 0.15) is 0 Å². The zero-order valence-corrected chi connectivity index (χ0v) is 6.35. The van der Waals surface area contributed by atoms with Gasteiger partial charge in [-0.2, -0.15) is 5.26 Å². The van der Waals surface area contributed by atoms with Gasteiger partial charge in [-0.3, -0.25) is 4.79 Å². The minimum absolute atomic E-state index is 0.0648. The molecule has 0 fully saturated rings. The van der Waals surface area contributed by atoms with E-state index in [2.05, 4.69) is 13.2 Å². The Hall–Kier alpha value is -1.36. The number of Topliss-reactive ketones (excluding diaryl/α,β-unsaturated/α-hetero) is 1. The highest BCUT2D eigenvalue weighted by molar-refractivity contribution is 5.91. The fourth-order valence-corrected chi connectivity index (χ4v) is 0. The van der Waals surface area contributed by atoms with Gasteiger partial charge in [-0.1, -0.05) is 13.2 Å². The first-order chi connectivity index (χ1) is 4.56. The van der Waals surface area contributed by atoms with Crippen LogP contribution in [0, 0.1) is 11.3 Å². The minimum Gasteiger partial charge on any atom is -0.295 e. The van der Waals surface area contributed by atoms with Crippen LogP contribution in [0.1, 0.15) is 13.8 Å². The molecule has 0 spiro atoms. The summed E-state index contributed by atoms with van der Waals surface area (Å²) in [5.41, 5.74) is 0.620. The van der Waals surface area contributed by atoms with Gasteiger partial charge < -0.3 is 0 Å². The molecule has 54 valence electrons. The van der Waals surface area contributed by atoms with E-state index in [9.17, 15) is 4.79 Å². The van der Waals surface area contributed by atoms with E-state index in [1.807, 2.05) is 0 Å². The van der Waals surface area contributed by atoms with E-state index in [1.165, 1.54) is 13.0 Å². The SMILES string of the molecule is C=C(C)C(C)=O.C=CC#N. The van der Waals surface area contributed by atoms with Crippen LogP contribution in [0.4, 0.5) is 0 Å². The lowest BCUT2D eigenvalue weighted by molar-refractivity contribution is -0.113. The Bertz CT molecular complexity index is 162. The summed E-state index contributed by atoms with van der Waals surface area (Å²) in [4.78, 5) is 10.0. The summed E-state index contributed by atoms with van der Waals surface area (Å²) in [6, 6.07) is 1.69. The minimum atomic E-state index is 0.0648. The lowest BCUT2D eigenvalue weighted by Gasteiger charge is -1.80. The molecular formula is C8H11NO. The number of hydrogen-bond acceptors (Lipinski definition) is 2. The average Bonchev–Trinajstić information content (AvgIpc) is 1.89. The molecule has 2 heteroatoms. The van der Waals surface area contributed by atoms with E-state index in [4.69, 9.17) is 5.26 Å². The molecule has 0 amide bonds. The molecule has 0 radical (unpaired) electrons. The Morgan fingerprint density at radius 1 is 1.60 bits per heavy atom. The number of carbonyl (C=O) groups is 1. The van der Waals surface area contributed by atoms with Crippen molar-refractivity contribution >= 4 is 5.78 Å². The normalized spacial score (nSPS) is 6.10. The van der Waals surface area contributed by atoms with Crippen molar-refractivity contribution < 1.29 is 4.79 Å². The van der Waals surface area contributed by atoms with Crippen LogP contribution in [0.3, 0.4) is 0 Å². The Kier molecular flexibility index (Phi) is 8.74. The van der Waals surface area contributed by atoms with Crippen molar-refractivity contribution in [3.8, 4) is 6.07 Å². The molecule has 0 rings (SSSR count). The molecule has 0 unspecified atom stereocenters. The summed E-state index contributed by atoms with van der Waals surface area (Å²) < 4.78 is 0. The zero-order valence-electron chi connectivity index (χ0n) is 6.35. The van der Waals surface area contributed by atoms with Gasteiger partial charge in [0, 0.05) is 6.08 Å². The van der Waals surface area contributed by atoms with Crippen LogP contribution >= 0.6 is 0 Å². The standard InChI is InChI=1S/C5H8O.C3H3N/c1-4(2)5(3)6;1-2-3-4/h1H2,2-3H3;2H,1H2. The van der Waals surface area contributed by atoms with Gasteiger partial charge in [-0.05, 0) is 19.4 Å². The van der Waals surface area contributed by atoms with E-state index < -0.39 is 0 Å². The van der Waals surface area contributed by atoms with Gasteiger partial charge >= 0.3 is 0 Å². The second-order valence-electron chi connectivity index (χ2n) is 1.67. The predicted octanol–water partition coefficient (Wildman–Crippen LogP) is 1.85. The summed E-state index contributed by atoms with van der Waals surface area (Å²) in [5, 5.41) is 7.51. The average molecular weight is 137 g/mol. The fourth-order valence-electron chi connectivity index (χ4n) is 0. The lowest BCUT2D eigenvalue weighted by atomic mass is 10.3. The molecule has 0 aromatic heterocycles. The molecule has 0 aliphatic carbocycles. The molecule has 0 heterocycles. The van der Waals surface area contributed by atoms with Crippen LogP contribution in [0.5, 0.6) is 0 Å². The topological polar surface area (TPSA) is 40.9 Å². The van der Waals surface area contributed by atoms with Crippen molar-refractivity contribution in [3.05, 3.63) is 24.8 Å². The highest BCUT2D eigenvalue weighted by atomic mass is 16.1. The second kappa shape index (κ2) is 7.64. The van der Waals surface area contributed by atoms with Crippen molar-refractivity contribution in [2.45, 2.75) is 13.8 Å². The van der Waals surface area contributed by atoms with Gasteiger partial charge in [-0.15, -0.1) is 0 Å². The summed E-state index contributed by atoms with van der Waals surface area (Å²) in [6.07, 6.45) is 1.18. The summed E-state index contributed by atoms with van der Waals surface area (Å²) in [6.45, 7) is 9.72. The molecule has 2 nitrogen and oxygen atoms in total. The number of nitriles is 1. The summed E-state index contributed by atoms with van der Waals surface area (Å²) in [7, 11) is 0. The summed E-state index contributed by atoms with van der Waals surface area (Å²) >= 11 is 0. The van der Waals surface area contributed by atoms with E-state index >= 15 is 0 Å². The Morgan fingerprint density at radius 3 is 1.80 bits per heavy atom. The highest BCUT2D eigenvalue weighted by Gasteiger charge is 1.85. The number of nitrogens with zero attached hydrogens (tertiary/aromatic N) is 1. The largest absolute Gasteiger partial charge is 0.295 e. The van der Waals surface area contributed by atoms with E-state index in [-0.39, 0.29) is 5.78 Å². The molecule has 0 saturated heterocycles. The molecule has 0 atom stereocenters. The van der Waals surface area contributed by atoms with Crippen molar-refractivity contribution in [1.29, 1.82) is 5.26 Å². The molecule has 0 aromatic carbocycles. The third kappa shape index (κ3) is 15.9. The smallest absolute Gasteiger partial charge is 0.154 e. The van der Waals surface area contributed by atoms with Gasteiger partial charge in [-0.25, -0.2) is 0 Å². The highest BCUT2D eigenvalue weighted by Crippen LogP contribution is 1.84. The van der Waals surface area contributed by atoms with Gasteiger partial charge in [0.05, 0.1) is 6.07 Å². The number of hydrogen-bond donors (Lipinski definition) is 0. The Morgan fingerprint density at radius 2 is 1.80 bits per heavy atom. The zero-order chi connectivity index (χ0) is 8.57. The van der Waals surface area contributed by atoms with Crippen LogP contribution in [0.25, 0.3) is 0 Å². The first-order valence-electron chi connectivity index (χ1n) is 2.73. The number of carbonyl (C=O) groups excluding carboxylic acids is 1.